The highest BCUT2D eigenvalue weighted by atomic mass is 32.2. The molecule has 0 unspecified atom stereocenters. The predicted molar refractivity (Wildman–Crippen MR) is 73.3 cm³/mol. The molecule has 124 valence electrons. The highest BCUT2D eigenvalue weighted by Crippen LogP contribution is 2.17. The molecule has 10 nitrogen and oxygen atoms in total. The van der Waals surface area contributed by atoms with Gasteiger partial charge in [0.1, 0.15) is 5.60 Å². The number of H-pyrrole nitrogens is 1. The summed E-state index contributed by atoms with van der Waals surface area (Å²) in [4.78, 5) is 29.6. The number of rotatable bonds is 5. The number of amides is 1. The molecule has 1 aromatic heterocycles. The lowest BCUT2D eigenvalue weighted by molar-refractivity contribution is -0.141. The van der Waals surface area contributed by atoms with Crippen LogP contribution in [-0.2, 0) is 26.3 Å². The van der Waals surface area contributed by atoms with Gasteiger partial charge in [-0.3, -0.25) is 4.55 Å². The van der Waals surface area contributed by atoms with Crippen molar-refractivity contribution in [3.05, 3.63) is 18.2 Å². The van der Waals surface area contributed by atoms with Crippen molar-refractivity contribution in [2.45, 2.75) is 38.8 Å². The zero-order valence-corrected chi connectivity index (χ0v) is 13.0. The standard InChI is InChI=1S/C11H17N3O7S/c1-11(2,3)21-10(17)14(22(18,19)20)8(9(15)16)4-7-5-12-6-13-7/h5-6,8H,4H2,1-3H3,(H,12,13)(H,15,16)(H,18,19,20)/t8-/m0/s1. The van der Waals surface area contributed by atoms with Crippen LogP contribution in [0, 0.1) is 0 Å². The number of nitrogens with one attached hydrogen (secondary N) is 1. The first kappa shape index (κ1) is 17.9. The molecular weight excluding hydrogens is 318 g/mol. The minimum absolute atomic E-state index is 0.199. The Bertz CT molecular complexity index is 633. The van der Waals surface area contributed by atoms with Crippen molar-refractivity contribution in [3.63, 3.8) is 0 Å². The number of carbonyl (C=O) groups excluding carboxylic acids is 1. The van der Waals surface area contributed by atoms with E-state index in [1.807, 2.05) is 0 Å². The minimum atomic E-state index is -5.14. The van der Waals surface area contributed by atoms with Gasteiger partial charge in [0.25, 0.3) is 0 Å². The lowest BCUT2D eigenvalue weighted by Crippen LogP contribution is -2.51. The van der Waals surface area contributed by atoms with Crippen molar-refractivity contribution in [2.24, 2.45) is 0 Å². The van der Waals surface area contributed by atoms with Gasteiger partial charge in [-0.05, 0) is 20.8 Å². The second-order valence-electron chi connectivity index (χ2n) is 5.37. The van der Waals surface area contributed by atoms with Gasteiger partial charge in [-0.2, -0.15) is 12.7 Å². The molecule has 0 spiro atoms. The van der Waals surface area contributed by atoms with Crippen molar-refractivity contribution in [1.82, 2.24) is 14.3 Å². The van der Waals surface area contributed by atoms with E-state index in [0.717, 1.165) is 0 Å². The zero-order chi connectivity index (χ0) is 17.1. The minimum Gasteiger partial charge on any atom is -0.480 e. The van der Waals surface area contributed by atoms with Crippen LogP contribution in [0.4, 0.5) is 4.79 Å². The molecule has 0 saturated carbocycles. The van der Waals surface area contributed by atoms with Crippen LogP contribution in [0.5, 0.6) is 0 Å². The van der Waals surface area contributed by atoms with Crippen LogP contribution in [0.15, 0.2) is 12.5 Å². The summed E-state index contributed by atoms with van der Waals surface area (Å²) in [6, 6.07) is -1.90. The average Bonchev–Trinajstić information content (AvgIpc) is 2.76. The predicted octanol–water partition coefficient (Wildman–Crippen LogP) is 0.445. The first-order valence-corrected chi connectivity index (χ1v) is 7.52. The number of hydrogen-bond donors (Lipinski definition) is 3. The van der Waals surface area contributed by atoms with Gasteiger partial charge in [-0.25, -0.2) is 14.6 Å². The van der Waals surface area contributed by atoms with Gasteiger partial charge in [0.2, 0.25) is 0 Å². The number of aromatic nitrogens is 2. The summed E-state index contributed by atoms with van der Waals surface area (Å²) in [6.45, 7) is 4.41. The highest BCUT2D eigenvalue weighted by molar-refractivity contribution is 7.84. The van der Waals surface area contributed by atoms with Crippen molar-refractivity contribution in [2.75, 3.05) is 0 Å². The fraction of sp³-hybridized carbons (Fsp3) is 0.545. The van der Waals surface area contributed by atoms with E-state index in [9.17, 15) is 27.7 Å². The van der Waals surface area contributed by atoms with Gasteiger partial charge in [0.15, 0.2) is 6.04 Å². The molecule has 0 aliphatic rings. The molecule has 1 atom stereocenters. The van der Waals surface area contributed by atoms with Crippen LogP contribution in [0.2, 0.25) is 0 Å². The second-order valence-corrected chi connectivity index (χ2v) is 6.66. The summed E-state index contributed by atoms with van der Waals surface area (Å²) in [5.41, 5.74) is -0.875. The molecule has 0 aromatic carbocycles. The van der Waals surface area contributed by atoms with Gasteiger partial charge in [-0.15, -0.1) is 0 Å². The lowest BCUT2D eigenvalue weighted by Gasteiger charge is -2.28. The van der Waals surface area contributed by atoms with Crippen molar-refractivity contribution >= 4 is 22.4 Å². The molecule has 0 fully saturated rings. The first-order chi connectivity index (χ1) is 9.92. The Kier molecular flexibility index (Phi) is 5.14. The van der Waals surface area contributed by atoms with E-state index in [4.69, 9.17) is 4.74 Å². The maximum absolute atomic E-state index is 12.0. The van der Waals surface area contributed by atoms with Gasteiger partial charge in [0.05, 0.1) is 12.0 Å². The number of ether oxygens (including phenoxy) is 1. The number of aliphatic carboxylic acids is 1. The van der Waals surface area contributed by atoms with Crippen molar-refractivity contribution in [1.29, 1.82) is 0 Å². The van der Waals surface area contributed by atoms with E-state index >= 15 is 0 Å². The summed E-state index contributed by atoms with van der Waals surface area (Å²) in [5, 5.41) is 9.19. The summed E-state index contributed by atoms with van der Waals surface area (Å²) < 4.78 is 36.7. The number of carboxylic acid groups (broad SMARTS) is 1. The molecule has 0 aliphatic carbocycles. The van der Waals surface area contributed by atoms with Crippen molar-refractivity contribution < 1.29 is 32.4 Å². The van der Waals surface area contributed by atoms with Crippen LogP contribution in [-0.4, -0.2) is 56.1 Å². The van der Waals surface area contributed by atoms with Gasteiger partial charge < -0.3 is 14.8 Å². The van der Waals surface area contributed by atoms with E-state index in [1.165, 1.54) is 33.3 Å². The Balaban J connectivity index is 3.16. The summed E-state index contributed by atoms with van der Waals surface area (Å²) in [5.74, 6) is -1.63. The fourth-order valence-electron chi connectivity index (χ4n) is 1.56. The van der Waals surface area contributed by atoms with Crippen molar-refractivity contribution in [3.8, 4) is 0 Å². The number of imidazole rings is 1. The third kappa shape index (κ3) is 5.00. The number of carboxylic acids is 1. The van der Waals surface area contributed by atoms with Crippen LogP contribution in [0.25, 0.3) is 0 Å². The number of hydrogen-bond acceptors (Lipinski definition) is 6. The molecule has 1 heterocycles. The Morgan fingerprint density at radius 3 is 2.41 bits per heavy atom. The zero-order valence-electron chi connectivity index (χ0n) is 12.2. The van der Waals surface area contributed by atoms with Crippen LogP contribution >= 0.6 is 0 Å². The van der Waals surface area contributed by atoms with Crippen LogP contribution in [0.1, 0.15) is 26.5 Å². The van der Waals surface area contributed by atoms with E-state index in [-0.39, 0.29) is 10.00 Å². The van der Waals surface area contributed by atoms with Gasteiger partial charge in [-0.1, -0.05) is 0 Å². The van der Waals surface area contributed by atoms with E-state index < -0.39 is 40.4 Å². The third-order valence-electron chi connectivity index (χ3n) is 2.35. The Morgan fingerprint density at radius 1 is 1.45 bits per heavy atom. The summed E-state index contributed by atoms with van der Waals surface area (Å²) >= 11 is 0. The van der Waals surface area contributed by atoms with E-state index in [0.29, 0.717) is 0 Å². The molecule has 3 N–H and O–H groups in total. The summed E-state index contributed by atoms with van der Waals surface area (Å²) in [7, 11) is -5.14. The monoisotopic (exact) mass is 335 g/mol. The molecule has 22 heavy (non-hydrogen) atoms. The number of nitrogens with zero attached hydrogens (tertiary/aromatic N) is 2. The topological polar surface area (TPSA) is 150 Å². The molecule has 1 rings (SSSR count). The molecule has 1 amide bonds. The summed E-state index contributed by atoms with van der Waals surface area (Å²) in [6.07, 6.45) is 0.683. The number of aromatic amines is 1. The molecule has 0 bridgehead atoms. The normalized spacial score (nSPS) is 13.5. The highest BCUT2D eigenvalue weighted by Gasteiger charge is 2.41. The molecular formula is C11H17N3O7S. The molecule has 11 heteroatoms. The Labute approximate surface area is 127 Å². The third-order valence-corrected chi connectivity index (χ3v) is 3.25. The fourth-order valence-corrected chi connectivity index (χ4v) is 2.27. The largest absolute Gasteiger partial charge is 0.480 e. The van der Waals surface area contributed by atoms with E-state index in [1.54, 1.807) is 0 Å². The van der Waals surface area contributed by atoms with Crippen LogP contribution < -0.4 is 0 Å². The maximum atomic E-state index is 12.0. The van der Waals surface area contributed by atoms with Crippen LogP contribution in [0.3, 0.4) is 0 Å². The lowest BCUT2D eigenvalue weighted by atomic mass is 10.1. The Hall–Kier alpha value is -2.14. The molecule has 0 radical (unpaired) electrons. The molecule has 0 aliphatic heterocycles. The Morgan fingerprint density at radius 2 is 2.05 bits per heavy atom. The van der Waals surface area contributed by atoms with E-state index in [2.05, 4.69) is 9.97 Å². The SMILES string of the molecule is CC(C)(C)OC(=O)N([C@@H](Cc1c[nH]cn1)C(=O)O)S(=O)(=O)O. The van der Waals surface area contributed by atoms with Gasteiger partial charge in [0, 0.05) is 12.6 Å². The maximum Gasteiger partial charge on any atom is 0.426 e. The van der Waals surface area contributed by atoms with Gasteiger partial charge >= 0.3 is 22.4 Å². The average molecular weight is 335 g/mol. The quantitative estimate of drug-likeness (QED) is 0.656. The second kappa shape index (κ2) is 6.32. The smallest absolute Gasteiger partial charge is 0.426 e. The molecule has 0 saturated heterocycles. The number of carbonyl (C=O) groups is 2. The first-order valence-electron chi connectivity index (χ1n) is 6.12. The molecule has 1 aromatic rings.